The molecule has 116 valence electrons. The van der Waals surface area contributed by atoms with E-state index in [4.69, 9.17) is 10.9 Å². The minimum absolute atomic E-state index is 0.118. The SMILES string of the molecule is Cc1ccc(C(N)=NO)c(N2CCC(CN(C)C)CC2)n1. The largest absolute Gasteiger partial charge is 0.409 e. The van der Waals surface area contributed by atoms with Crippen molar-refractivity contribution >= 4 is 11.7 Å². The van der Waals surface area contributed by atoms with E-state index in [1.54, 1.807) is 0 Å². The van der Waals surface area contributed by atoms with E-state index in [9.17, 15) is 0 Å². The molecule has 1 aliphatic rings. The lowest BCUT2D eigenvalue weighted by Crippen LogP contribution is -2.38. The normalized spacial score (nSPS) is 17.5. The van der Waals surface area contributed by atoms with E-state index < -0.39 is 0 Å². The molecule has 1 aromatic rings. The molecule has 1 aliphatic heterocycles. The van der Waals surface area contributed by atoms with E-state index in [0.29, 0.717) is 5.56 Å². The van der Waals surface area contributed by atoms with Gasteiger partial charge in [-0.25, -0.2) is 4.98 Å². The van der Waals surface area contributed by atoms with Crippen LogP contribution in [0.1, 0.15) is 24.1 Å². The van der Waals surface area contributed by atoms with Crippen LogP contribution in [-0.4, -0.2) is 54.7 Å². The second-order valence-corrected chi connectivity index (χ2v) is 6.00. The van der Waals surface area contributed by atoms with Crippen LogP contribution < -0.4 is 10.6 Å². The summed E-state index contributed by atoms with van der Waals surface area (Å²) < 4.78 is 0. The average molecular weight is 291 g/mol. The molecular weight excluding hydrogens is 266 g/mol. The number of piperidine rings is 1. The third-order valence-corrected chi connectivity index (χ3v) is 3.94. The van der Waals surface area contributed by atoms with E-state index in [0.717, 1.165) is 49.9 Å². The predicted molar refractivity (Wildman–Crippen MR) is 85.0 cm³/mol. The molecule has 0 saturated carbocycles. The fraction of sp³-hybridized carbons (Fsp3) is 0.600. The minimum atomic E-state index is 0.118. The van der Waals surface area contributed by atoms with E-state index in [1.807, 2.05) is 19.1 Å². The predicted octanol–water partition coefficient (Wildman–Crippen LogP) is 1.26. The summed E-state index contributed by atoms with van der Waals surface area (Å²) in [5.74, 6) is 1.68. The van der Waals surface area contributed by atoms with Gasteiger partial charge in [0.2, 0.25) is 0 Å². The number of rotatable bonds is 4. The Kier molecular flexibility index (Phi) is 5.01. The standard InChI is InChI=1S/C15H25N5O/c1-11-4-5-13(14(16)18-21)15(17-11)20-8-6-12(7-9-20)10-19(2)3/h4-5,12,21H,6-10H2,1-3H3,(H2,16,18). The number of amidine groups is 1. The Bertz CT molecular complexity index is 507. The number of aryl methyl sites for hydroxylation is 1. The molecule has 1 aromatic heterocycles. The highest BCUT2D eigenvalue weighted by Gasteiger charge is 2.23. The van der Waals surface area contributed by atoms with E-state index >= 15 is 0 Å². The summed E-state index contributed by atoms with van der Waals surface area (Å²) in [6.07, 6.45) is 2.28. The first kappa shape index (κ1) is 15.6. The quantitative estimate of drug-likeness (QED) is 0.378. The van der Waals surface area contributed by atoms with Gasteiger partial charge in [0.15, 0.2) is 5.84 Å². The van der Waals surface area contributed by atoms with Crippen molar-refractivity contribution in [2.45, 2.75) is 19.8 Å². The van der Waals surface area contributed by atoms with Gasteiger partial charge in [0.25, 0.3) is 0 Å². The van der Waals surface area contributed by atoms with Crippen molar-refractivity contribution < 1.29 is 5.21 Å². The van der Waals surface area contributed by atoms with Crippen LogP contribution in [-0.2, 0) is 0 Å². The lowest BCUT2D eigenvalue weighted by molar-refractivity contribution is 0.284. The second-order valence-electron chi connectivity index (χ2n) is 6.00. The van der Waals surface area contributed by atoms with Gasteiger partial charge in [0, 0.05) is 25.3 Å². The topological polar surface area (TPSA) is 78.0 Å². The van der Waals surface area contributed by atoms with Gasteiger partial charge in [-0.15, -0.1) is 0 Å². The maximum atomic E-state index is 8.93. The Hall–Kier alpha value is -1.82. The summed E-state index contributed by atoms with van der Waals surface area (Å²) in [7, 11) is 4.23. The molecule has 1 fully saturated rings. The maximum Gasteiger partial charge on any atom is 0.173 e. The zero-order valence-corrected chi connectivity index (χ0v) is 13.1. The fourth-order valence-electron chi connectivity index (χ4n) is 2.88. The van der Waals surface area contributed by atoms with Gasteiger partial charge in [-0.3, -0.25) is 0 Å². The first-order chi connectivity index (χ1) is 10.0. The Morgan fingerprint density at radius 1 is 1.43 bits per heavy atom. The van der Waals surface area contributed by atoms with Crippen LogP contribution in [0.15, 0.2) is 17.3 Å². The number of pyridine rings is 1. The van der Waals surface area contributed by atoms with Crippen molar-refractivity contribution in [3.05, 3.63) is 23.4 Å². The molecule has 2 heterocycles. The minimum Gasteiger partial charge on any atom is -0.409 e. The van der Waals surface area contributed by atoms with E-state index in [2.05, 4.69) is 34.0 Å². The fourth-order valence-corrected chi connectivity index (χ4v) is 2.88. The molecule has 0 spiro atoms. The molecule has 0 unspecified atom stereocenters. The molecule has 6 nitrogen and oxygen atoms in total. The number of aromatic nitrogens is 1. The van der Waals surface area contributed by atoms with Gasteiger partial charge in [-0.2, -0.15) is 0 Å². The van der Waals surface area contributed by atoms with E-state index in [-0.39, 0.29) is 5.84 Å². The molecule has 1 saturated heterocycles. The van der Waals surface area contributed by atoms with Crippen LogP contribution in [0.5, 0.6) is 0 Å². The van der Waals surface area contributed by atoms with Crippen molar-refractivity contribution in [2.24, 2.45) is 16.8 Å². The number of nitrogens with zero attached hydrogens (tertiary/aromatic N) is 4. The van der Waals surface area contributed by atoms with E-state index in [1.165, 1.54) is 0 Å². The Morgan fingerprint density at radius 2 is 2.10 bits per heavy atom. The van der Waals surface area contributed by atoms with Crippen LogP contribution in [0, 0.1) is 12.8 Å². The summed E-state index contributed by atoms with van der Waals surface area (Å²) in [4.78, 5) is 9.08. The lowest BCUT2D eigenvalue weighted by Gasteiger charge is -2.34. The molecule has 21 heavy (non-hydrogen) atoms. The van der Waals surface area contributed by atoms with Gasteiger partial charge in [0.1, 0.15) is 5.82 Å². The molecule has 2 rings (SSSR count). The van der Waals surface area contributed by atoms with Gasteiger partial charge in [-0.05, 0) is 51.9 Å². The first-order valence-electron chi connectivity index (χ1n) is 7.36. The molecule has 0 aliphatic carbocycles. The monoisotopic (exact) mass is 291 g/mol. The van der Waals surface area contributed by atoms with Crippen molar-refractivity contribution in [3.8, 4) is 0 Å². The van der Waals surface area contributed by atoms with Gasteiger partial charge < -0.3 is 20.7 Å². The van der Waals surface area contributed by atoms with Crippen LogP contribution in [0.25, 0.3) is 0 Å². The van der Waals surface area contributed by atoms with Crippen LogP contribution in [0.3, 0.4) is 0 Å². The molecule has 6 heteroatoms. The highest BCUT2D eigenvalue weighted by Crippen LogP contribution is 2.25. The van der Waals surface area contributed by atoms with Gasteiger partial charge in [0.05, 0.1) is 5.56 Å². The molecule has 0 aromatic carbocycles. The highest BCUT2D eigenvalue weighted by molar-refractivity contribution is 6.01. The molecule has 0 radical (unpaired) electrons. The molecule has 0 amide bonds. The molecule has 0 atom stereocenters. The third kappa shape index (κ3) is 3.85. The summed E-state index contributed by atoms with van der Waals surface area (Å²) in [5.41, 5.74) is 7.41. The first-order valence-corrected chi connectivity index (χ1v) is 7.36. The van der Waals surface area contributed by atoms with Crippen molar-refractivity contribution in [1.29, 1.82) is 0 Å². The molecular formula is C15H25N5O. The molecule has 3 N–H and O–H groups in total. The summed E-state index contributed by atoms with van der Waals surface area (Å²) in [5, 5.41) is 12.1. The Morgan fingerprint density at radius 3 is 2.67 bits per heavy atom. The van der Waals surface area contributed by atoms with Crippen LogP contribution in [0.2, 0.25) is 0 Å². The number of hydrogen-bond acceptors (Lipinski definition) is 5. The van der Waals surface area contributed by atoms with Gasteiger partial charge >= 0.3 is 0 Å². The van der Waals surface area contributed by atoms with Crippen molar-refractivity contribution in [1.82, 2.24) is 9.88 Å². The Balaban J connectivity index is 2.14. The number of oxime groups is 1. The number of nitrogens with two attached hydrogens (primary N) is 1. The van der Waals surface area contributed by atoms with Gasteiger partial charge in [-0.1, -0.05) is 5.16 Å². The maximum absolute atomic E-state index is 8.93. The average Bonchev–Trinajstić information content (AvgIpc) is 2.46. The summed E-state index contributed by atoms with van der Waals surface area (Å²) in [6, 6.07) is 3.76. The number of anilines is 1. The smallest absolute Gasteiger partial charge is 0.173 e. The summed E-state index contributed by atoms with van der Waals surface area (Å²) in [6.45, 7) is 5.00. The zero-order valence-electron chi connectivity index (χ0n) is 13.1. The lowest BCUT2D eigenvalue weighted by atomic mass is 9.96. The Labute approximate surface area is 126 Å². The van der Waals surface area contributed by atoms with Crippen LogP contribution >= 0.6 is 0 Å². The highest BCUT2D eigenvalue weighted by atomic mass is 16.4. The molecule has 0 bridgehead atoms. The van der Waals surface area contributed by atoms with Crippen LogP contribution in [0.4, 0.5) is 5.82 Å². The van der Waals surface area contributed by atoms with Crippen molar-refractivity contribution in [3.63, 3.8) is 0 Å². The summed E-state index contributed by atoms with van der Waals surface area (Å²) >= 11 is 0. The third-order valence-electron chi connectivity index (χ3n) is 3.94. The number of hydrogen-bond donors (Lipinski definition) is 2. The van der Waals surface area contributed by atoms with Crippen molar-refractivity contribution in [2.75, 3.05) is 38.6 Å². The zero-order chi connectivity index (χ0) is 15.4. The second kappa shape index (κ2) is 6.76.